The molecule has 0 saturated carbocycles. The van der Waals surface area contributed by atoms with E-state index in [0.29, 0.717) is 0 Å². The van der Waals surface area contributed by atoms with Crippen LogP contribution in [-0.4, -0.2) is 12.5 Å². The van der Waals surface area contributed by atoms with Gasteiger partial charge in [0.25, 0.3) is 6.18 Å². The minimum absolute atomic E-state index is 0. The third-order valence-corrected chi connectivity index (χ3v) is 0.116. The van der Waals surface area contributed by atoms with Crippen molar-refractivity contribution in [2.75, 3.05) is 0 Å². The van der Waals surface area contributed by atoms with Crippen molar-refractivity contribution < 1.29 is 35.0 Å². The van der Waals surface area contributed by atoms with Gasteiger partial charge >= 0.3 is 17.1 Å². The van der Waals surface area contributed by atoms with E-state index in [1.165, 1.54) is 0 Å². The summed E-state index contributed by atoms with van der Waals surface area (Å²) in [6.07, 6.45) is -4.91. The molecule has 0 atom stereocenters. The van der Waals surface area contributed by atoms with Crippen LogP contribution in [0.3, 0.4) is 0 Å². The van der Waals surface area contributed by atoms with Gasteiger partial charge in [-0.05, 0) is 0 Å². The van der Waals surface area contributed by atoms with E-state index in [4.69, 9.17) is 4.79 Å². The SMILES string of the molecule is O=[C-]C(F)(F)F.[Cu+]. The van der Waals surface area contributed by atoms with Crippen LogP contribution < -0.4 is 0 Å². The summed E-state index contributed by atoms with van der Waals surface area (Å²) in [6, 6.07) is 0. The average Bonchev–Trinajstić information content (AvgIpc) is 1.35. The van der Waals surface area contributed by atoms with E-state index in [0.717, 1.165) is 0 Å². The summed E-state index contributed by atoms with van der Waals surface area (Å²) in [4.78, 5) is 8.58. The molecule has 0 fully saturated rings. The smallest absolute Gasteiger partial charge is 0.533 e. The first-order chi connectivity index (χ1) is 2.56. The molecule has 0 aromatic rings. The number of halogens is 3. The van der Waals surface area contributed by atoms with Crippen molar-refractivity contribution >= 4 is 6.29 Å². The summed E-state index contributed by atoms with van der Waals surface area (Å²) >= 11 is 0. The number of carbonyl (C=O) groups excluding carboxylic acids is 1. The Hall–Kier alpha value is -0.0205. The molecule has 0 aromatic carbocycles. The fourth-order valence-corrected chi connectivity index (χ4v) is 0. The van der Waals surface area contributed by atoms with E-state index in [9.17, 15) is 13.2 Å². The van der Waals surface area contributed by atoms with Gasteiger partial charge in [0.05, 0.1) is 0 Å². The molecule has 0 N–H and O–H groups in total. The normalized spacial score (nSPS) is 9.57. The molecular formula is C2CuF3O. The molecule has 0 aliphatic rings. The minimum Gasteiger partial charge on any atom is -0.533 e. The molecule has 0 aromatic heterocycles. The first-order valence-electron chi connectivity index (χ1n) is 1.02. The van der Waals surface area contributed by atoms with Crippen LogP contribution in [0.4, 0.5) is 13.2 Å². The first kappa shape index (κ1) is 10.1. The maximum atomic E-state index is 10.4. The Labute approximate surface area is 48.4 Å². The Balaban J connectivity index is 0. The molecule has 0 saturated heterocycles. The van der Waals surface area contributed by atoms with Crippen LogP contribution in [0.15, 0.2) is 0 Å². The molecule has 0 heterocycles. The maximum Gasteiger partial charge on any atom is 1.00 e. The quantitative estimate of drug-likeness (QED) is 0.376. The van der Waals surface area contributed by atoms with Gasteiger partial charge in [0.2, 0.25) is 0 Å². The van der Waals surface area contributed by atoms with Gasteiger partial charge in [0, 0.05) is 0 Å². The van der Waals surface area contributed by atoms with Crippen LogP contribution in [0.2, 0.25) is 0 Å². The Morgan fingerprint density at radius 2 is 1.43 bits per heavy atom. The molecule has 0 unspecified atom stereocenters. The van der Waals surface area contributed by atoms with Crippen LogP contribution in [0, 0.1) is 0 Å². The van der Waals surface area contributed by atoms with Crippen LogP contribution in [-0.2, 0) is 21.9 Å². The Kier molecular flexibility index (Phi) is 4.38. The topological polar surface area (TPSA) is 17.1 Å². The molecular weight excluding hydrogens is 161 g/mol. The van der Waals surface area contributed by atoms with Gasteiger partial charge in [-0.2, -0.15) is 6.29 Å². The summed E-state index contributed by atoms with van der Waals surface area (Å²) < 4.78 is 31.1. The van der Waals surface area contributed by atoms with Crippen molar-refractivity contribution in [3.63, 3.8) is 0 Å². The van der Waals surface area contributed by atoms with Gasteiger partial charge in [-0.15, -0.1) is 0 Å². The second kappa shape index (κ2) is 3.04. The van der Waals surface area contributed by atoms with E-state index in [1.807, 2.05) is 0 Å². The molecule has 46 valence electrons. The fourth-order valence-electron chi connectivity index (χ4n) is 0. The first-order valence-corrected chi connectivity index (χ1v) is 1.02. The third kappa shape index (κ3) is 10.7. The van der Waals surface area contributed by atoms with Crippen LogP contribution in [0.5, 0.6) is 0 Å². The number of hydrogen-bond acceptors (Lipinski definition) is 1. The third-order valence-electron chi connectivity index (χ3n) is 0.116. The summed E-state index contributed by atoms with van der Waals surface area (Å²) in [7, 11) is 0. The summed E-state index contributed by atoms with van der Waals surface area (Å²) in [5.74, 6) is 0. The average molecular weight is 161 g/mol. The Morgan fingerprint density at radius 3 is 1.43 bits per heavy atom. The Morgan fingerprint density at radius 1 is 1.29 bits per heavy atom. The number of alkyl halides is 3. The second-order valence-corrected chi connectivity index (χ2v) is 0.600. The van der Waals surface area contributed by atoms with Crippen molar-refractivity contribution in [1.29, 1.82) is 0 Å². The zero-order valence-electron chi connectivity index (χ0n) is 2.84. The predicted molar refractivity (Wildman–Crippen MR) is 11.7 cm³/mol. The predicted octanol–water partition coefficient (Wildman–Crippen LogP) is 0.656. The van der Waals surface area contributed by atoms with Crippen molar-refractivity contribution in [3.05, 3.63) is 0 Å². The van der Waals surface area contributed by atoms with Crippen molar-refractivity contribution in [2.45, 2.75) is 6.18 Å². The molecule has 0 spiro atoms. The number of hydrogen-bond donors (Lipinski definition) is 0. The van der Waals surface area contributed by atoms with Crippen LogP contribution in [0.1, 0.15) is 0 Å². The van der Waals surface area contributed by atoms with Gasteiger partial charge in [0.1, 0.15) is 0 Å². The summed E-state index contributed by atoms with van der Waals surface area (Å²) in [5, 5.41) is 0. The zero-order chi connectivity index (χ0) is 5.21. The maximum absolute atomic E-state index is 10.4. The second-order valence-electron chi connectivity index (χ2n) is 0.600. The monoisotopic (exact) mass is 160 g/mol. The van der Waals surface area contributed by atoms with E-state index in [1.54, 1.807) is 0 Å². The van der Waals surface area contributed by atoms with Gasteiger partial charge in [0.15, 0.2) is 0 Å². The molecule has 5 heteroatoms. The van der Waals surface area contributed by atoms with E-state index < -0.39 is 6.18 Å². The van der Waals surface area contributed by atoms with Gasteiger partial charge in [-0.1, -0.05) is 0 Å². The molecule has 0 aliphatic heterocycles. The van der Waals surface area contributed by atoms with Crippen LogP contribution in [0.25, 0.3) is 0 Å². The van der Waals surface area contributed by atoms with E-state index >= 15 is 0 Å². The number of rotatable bonds is 0. The molecule has 0 aliphatic carbocycles. The van der Waals surface area contributed by atoms with E-state index in [2.05, 4.69) is 0 Å². The summed E-state index contributed by atoms with van der Waals surface area (Å²) in [5.41, 5.74) is 0. The molecule has 0 rings (SSSR count). The van der Waals surface area contributed by atoms with E-state index in [-0.39, 0.29) is 23.4 Å². The van der Waals surface area contributed by atoms with Gasteiger partial charge in [-0.25, -0.2) is 13.2 Å². The molecule has 0 bridgehead atoms. The van der Waals surface area contributed by atoms with Gasteiger partial charge < -0.3 is 4.79 Å². The summed E-state index contributed by atoms with van der Waals surface area (Å²) in [6.45, 7) is 0. The minimum atomic E-state index is -4.76. The molecule has 0 amide bonds. The zero-order valence-corrected chi connectivity index (χ0v) is 3.79. The molecule has 7 heavy (non-hydrogen) atoms. The Bertz CT molecular complexity index is 58.4. The molecule has 1 nitrogen and oxygen atoms in total. The van der Waals surface area contributed by atoms with Crippen molar-refractivity contribution in [2.24, 2.45) is 0 Å². The van der Waals surface area contributed by atoms with Crippen molar-refractivity contribution in [1.82, 2.24) is 0 Å². The van der Waals surface area contributed by atoms with Crippen molar-refractivity contribution in [3.8, 4) is 0 Å². The standard InChI is InChI=1S/C2F3O.Cu/c3-2(4,5)1-6;/q-1;+1. The van der Waals surface area contributed by atoms with Gasteiger partial charge in [-0.3, -0.25) is 0 Å². The van der Waals surface area contributed by atoms with Crippen LogP contribution >= 0.6 is 0 Å². The fraction of sp³-hybridized carbons (Fsp3) is 0.500. The molecule has 0 radical (unpaired) electrons. The largest absolute Gasteiger partial charge is 1.00 e.